The smallest absolute Gasteiger partial charge is 0.312 e. The average molecular weight is 445 g/mol. The number of likely N-dealkylation sites (tertiary alicyclic amines) is 1. The van der Waals surface area contributed by atoms with Crippen molar-refractivity contribution in [2.45, 2.75) is 38.4 Å². The van der Waals surface area contributed by atoms with Crippen LogP contribution in [0.1, 0.15) is 41.3 Å². The van der Waals surface area contributed by atoms with Crippen molar-refractivity contribution in [2.75, 3.05) is 36.5 Å². The molecule has 0 unspecified atom stereocenters. The molecule has 2 aromatic rings. The maximum absolute atomic E-state index is 13.5. The van der Waals surface area contributed by atoms with Crippen LogP contribution >= 0.6 is 0 Å². The second-order valence-electron chi connectivity index (χ2n) is 8.52. The molecule has 4 rings (SSSR count). The summed E-state index contributed by atoms with van der Waals surface area (Å²) in [5, 5.41) is 0. The Morgan fingerprint density at radius 2 is 1.66 bits per heavy atom. The Balaban J connectivity index is 1.68. The van der Waals surface area contributed by atoms with Crippen LogP contribution < -0.4 is 9.80 Å². The molecule has 0 saturated carbocycles. The SMILES string of the molecule is CC(=O)N1CCc2cc(N(C(=O)c3ccc(C(F)(F)F)cc3)C3CCN(C)CC3)ccc21. The zero-order valence-corrected chi connectivity index (χ0v) is 18.2. The van der Waals surface area contributed by atoms with Crippen molar-refractivity contribution < 1.29 is 22.8 Å². The van der Waals surface area contributed by atoms with Gasteiger partial charge in [0.2, 0.25) is 5.91 Å². The molecule has 32 heavy (non-hydrogen) atoms. The van der Waals surface area contributed by atoms with E-state index in [1.807, 2.05) is 25.2 Å². The van der Waals surface area contributed by atoms with E-state index in [0.29, 0.717) is 18.7 Å². The van der Waals surface area contributed by atoms with E-state index in [2.05, 4.69) is 4.90 Å². The largest absolute Gasteiger partial charge is 0.416 e. The summed E-state index contributed by atoms with van der Waals surface area (Å²) in [6.07, 6.45) is -2.19. The highest BCUT2D eigenvalue weighted by Gasteiger charge is 2.33. The summed E-state index contributed by atoms with van der Waals surface area (Å²) in [5.74, 6) is -0.334. The fourth-order valence-electron chi connectivity index (χ4n) is 4.55. The lowest BCUT2D eigenvalue weighted by Gasteiger charge is -2.37. The molecule has 1 fully saturated rings. The van der Waals surface area contributed by atoms with Crippen molar-refractivity contribution in [3.63, 3.8) is 0 Å². The van der Waals surface area contributed by atoms with Gasteiger partial charge in [-0.2, -0.15) is 13.2 Å². The summed E-state index contributed by atoms with van der Waals surface area (Å²) in [6.45, 7) is 3.81. The molecule has 0 radical (unpaired) electrons. The molecule has 8 heteroatoms. The lowest BCUT2D eigenvalue weighted by atomic mass is 10.00. The molecule has 170 valence electrons. The predicted octanol–water partition coefficient (Wildman–Crippen LogP) is 4.36. The Kier molecular flexibility index (Phi) is 5.99. The minimum absolute atomic E-state index is 0.0236. The number of anilines is 2. The van der Waals surface area contributed by atoms with Crippen LogP contribution in [0.5, 0.6) is 0 Å². The third kappa shape index (κ3) is 4.37. The Morgan fingerprint density at radius 3 is 2.25 bits per heavy atom. The van der Waals surface area contributed by atoms with Crippen LogP contribution in [-0.2, 0) is 17.4 Å². The van der Waals surface area contributed by atoms with Gasteiger partial charge in [-0.25, -0.2) is 0 Å². The van der Waals surface area contributed by atoms with Crippen molar-refractivity contribution in [3.8, 4) is 0 Å². The quantitative estimate of drug-likeness (QED) is 0.706. The molecule has 2 aromatic carbocycles. The summed E-state index contributed by atoms with van der Waals surface area (Å²) in [7, 11) is 2.03. The van der Waals surface area contributed by atoms with E-state index in [9.17, 15) is 22.8 Å². The highest BCUT2D eigenvalue weighted by molar-refractivity contribution is 6.07. The number of carbonyl (C=O) groups excluding carboxylic acids is 2. The van der Waals surface area contributed by atoms with E-state index in [4.69, 9.17) is 0 Å². The number of fused-ring (bicyclic) bond motifs is 1. The standard InChI is InChI=1S/C24H26F3N3O2/c1-16(31)29-14-9-18-15-21(7-8-22(18)29)30(20-10-12-28(2)13-11-20)23(32)17-3-5-19(6-4-17)24(25,26)27/h3-8,15,20H,9-14H2,1-2H3. The van der Waals surface area contributed by atoms with Crippen LogP contribution in [0.4, 0.5) is 24.5 Å². The van der Waals surface area contributed by atoms with E-state index in [0.717, 1.165) is 49.3 Å². The van der Waals surface area contributed by atoms with Gasteiger partial charge >= 0.3 is 6.18 Å². The fraction of sp³-hybridized carbons (Fsp3) is 0.417. The third-order valence-corrected chi connectivity index (χ3v) is 6.35. The summed E-state index contributed by atoms with van der Waals surface area (Å²) in [4.78, 5) is 31.0. The van der Waals surface area contributed by atoms with Crippen molar-refractivity contribution >= 4 is 23.2 Å². The molecular formula is C24H26F3N3O2. The Morgan fingerprint density at radius 1 is 1.00 bits per heavy atom. The zero-order valence-electron chi connectivity index (χ0n) is 18.2. The number of hydrogen-bond acceptors (Lipinski definition) is 3. The first-order valence-corrected chi connectivity index (χ1v) is 10.8. The van der Waals surface area contributed by atoms with Crippen LogP contribution in [0.25, 0.3) is 0 Å². The van der Waals surface area contributed by atoms with E-state index in [-0.39, 0.29) is 23.4 Å². The second kappa shape index (κ2) is 8.58. The number of rotatable bonds is 3. The monoisotopic (exact) mass is 445 g/mol. The van der Waals surface area contributed by atoms with Crippen molar-refractivity contribution in [3.05, 3.63) is 59.2 Å². The molecule has 1 saturated heterocycles. The number of nitrogens with zero attached hydrogens (tertiary/aromatic N) is 3. The number of alkyl halides is 3. The molecule has 2 aliphatic rings. The third-order valence-electron chi connectivity index (χ3n) is 6.35. The molecule has 0 N–H and O–H groups in total. The molecule has 0 aliphatic carbocycles. The van der Waals surface area contributed by atoms with E-state index in [1.165, 1.54) is 19.1 Å². The molecule has 0 bridgehead atoms. The summed E-state index contributed by atoms with van der Waals surface area (Å²) in [5.41, 5.74) is 2.01. The predicted molar refractivity (Wildman–Crippen MR) is 117 cm³/mol. The first-order valence-electron chi connectivity index (χ1n) is 10.8. The maximum Gasteiger partial charge on any atom is 0.416 e. The van der Waals surface area contributed by atoms with Gasteiger partial charge in [0.1, 0.15) is 0 Å². The van der Waals surface area contributed by atoms with Gasteiger partial charge in [0.25, 0.3) is 5.91 Å². The minimum Gasteiger partial charge on any atom is -0.312 e. The van der Waals surface area contributed by atoms with Crippen LogP contribution in [0, 0.1) is 0 Å². The average Bonchev–Trinajstić information content (AvgIpc) is 3.18. The molecule has 2 amide bonds. The van der Waals surface area contributed by atoms with Crippen LogP contribution in [0.15, 0.2) is 42.5 Å². The van der Waals surface area contributed by atoms with E-state index >= 15 is 0 Å². The van der Waals surface area contributed by atoms with Crippen LogP contribution in [0.2, 0.25) is 0 Å². The number of piperidine rings is 1. The van der Waals surface area contributed by atoms with E-state index in [1.54, 1.807) is 9.80 Å². The van der Waals surface area contributed by atoms with Gasteiger partial charge in [-0.1, -0.05) is 0 Å². The van der Waals surface area contributed by atoms with Crippen molar-refractivity contribution in [1.82, 2.24) is 4.90 Å². The van der Waals surface area contributed by atoms with Gasteiger partial charge in [-0.15, -0.1) is 0 Å². The Labute approximate surface area is 185 Å². The van der Waals surface area contributed by atoms with Gasteiger partial charge < -0.3 is 14.7 Å². The highest BCUT2D eigenvalue weighted by atomic mass is 19.4. The molecule has 5 nitrogen and oxygen atoms in total. The lowest BCUT2D eigenvalue weighted by Crippen LogP contribution is -2.47. The minimum atomic E-state index is -4.45. The molecule has 0 aromatic heterocycles. The molecule has 2 aliphatic heterocycles. The zero-order chi connectivity index (χ0) is 23.0. The fourth-order valence-corrected chi connectivity index (χ4v) is 4.55. The van der Waals surface area contributed by atoms with Crippen molar-refractivity contribution in [1.29, 1.82) is 0 Å². The molecule has 2 heterocycles. The lowest BCUT2D eigenvalue weighted by molar-refractivity contribution is -0.137. The molecule has 0 atom stereocenters. The van der Waals surface area contributed by atoms with Gasteiger partial charge in [-0.05, 0) is 87.4 Å². The summed E-state index contributed by atoms with van der Waals surface area (Å²) >= 11 is 0. The summed E-state index contributed by atoms with van der Waals surface area (Å²) < 4.78 is 38.9. The number of carbonyl (C=O) groups is 2. The van der Waals surface area contributed by atoms with Gasteiger partial charge in [0.15, 0.2) is 0 Å². The number of amides is 2. The number of hydrogen-bond donors (Lipinski definition) is 0. The first kappa shape index (κ1) is 22.3. The van der Waals surface area contributed by atoms with Crippen LogP contribution in [-0.4, -0.2) is 49.4 Å². The second-order valence-corrected chi connectivity index (χ2v) is 8.52. The van der Waals surface area contributed by atoms with Gasteiger partial charge in [-0.3, -0.25) is 9.59 Å². The summed E-state index contributed by atoms with van der Waals surface area (Å²) in [6, 6.07) is 9.99. The normalized spacial score (nSPS) is 17.3. The van der Waals surface area contributed by atoms with Gasteiger partial charge in [0, 0.05) is 36.4 Å². The van der Waals surface area contributed by atoms with Crippen molar-refractivity contribution in [2.24, 2.45) is 0 Å². The molecular weight excluding hydrogens is 419 g/mol. The topological polar surface area (TPSA) is 43.9 Å². The Bertz CT molecular complexity index is 1010. The molecule has 0 spiro atoms. The van der Waals surface area contributed by atoms with Crippen LogP contribution in [0.3, 0.4) is 0 Å². The Hall–Kier alpha value is -2.87. The highest BCUT2D eigenvalue weighted by Crippen LogP contribution is 2.35. The number of benzene rings is 2. The first-order chi connectivity index (χ1) is 15.1. The van der Waals surface area contributed by atoms with Gasteiger partial charge in [0.05, 0.1) is 5.56 Å². The van der Waals surface area contributed by atoms with E-state index < -0.39 is 11.7 Å². The number of halogens is 3. The maximum atomic E-state index is 13.5.